The molecule has 0 saturated heterocycles. The minimum absolute atomic E-state index is 0.0144. The number of nitriles is 1. The Hall–Kier alpha value is -3.64. The van der Waals surface area contributed by atoms with Crippen LogP contribution in [0.2, 0.25) is 0 Å². The van der Waals surface area contributed by atoms with E-state index >= 15 is 0 Å². The van der Waals surface area contributed by atoms with Crippen molar-refractivity contribution in [1.82, 2.24) is 14.5 Å². The Morgan fingerprint density at radius 1 is 1.21 bits per heavy atom. The highest BCUT2D eigenvalue weighted by Gasteiger charge is 2.13. The number of hydrogen-bond acceptors (Lipinski definition) is 6. The Morgan fingerprint density at radius 2 is 2.00 bits per heavy atom. The Balaban J connectivity index is 1.71. The molecule has 0 saturated carbocycles. The number of rotatable bonds is 6. The smallest absolute Gasteiger partial charge is 0.268 e. The molecular weight excluding hydrogens is 378 g/mol. The van der Waals surface area contributed by atoms with Crippen molar-refractivity contribution in [3.8, 4) is 17.3 Å². The zero-order valence-corrected chi connectivity index (χ0v) is 15.4. The summed E-state index contributed by atoms with van der Waals surface area (Å²) < 4.78 is 1.23. The first-order valence-electron chi connectivity index (χ1n) is 8.19. The summed E-state index contributed by atoms with van der Waals surface area (Å²) in [7, 11) is 0. The Morgan fingerprint density at radius 3 is 2.64 bits per heavy atom. The number of carbonyl (C=O) groups is 2. The van der Waals surface area contributed by atoms with E-state index in [-0.39, 0.29) is 23.0 Å². The summed E-state index contributed by atoms with van der Waals surface area (Å²) in [6.45, 7) is 0. The third kappa shape index (κ3) is 4.55. The predicted molar refractivity (Wildman–Crippen MR) is 106 cm³/mol. The van der Waals surface area contributed by atoms with Gasteiger partial charge in [0.15, 0.2) is 0 Å². The van der Waals surface area contributed by atoms with Crippen LogP contribution in [0.3, 0.4) is 0 Å². The molecule has 2 aromatic heterocycles. The van der Waals surface area contributed by atoms with Crippen LogP contribution in [0, 0.1) is 11.3 Å². The van der Waals surface area contributed by atoms with Gasteiger partial charge in [-0.25, -0.2) is 4.98 Å². The van der Waals surface area contributed by atoms with Crippen molar-refractivity contribution >= 4 is 29.3 Å². The minimum Gasteiger partial charge on any atom is -0.325 e. The standard InChI is InChI=1S/C19H15N5O3S/c20-7-10-28-11-17(25)22-14-3-1-13(2-4-14)16-6-5-15(18(26)23-16)19(27)24-9-8-21-12-24/h1-6,8-9,12H,10-11H2,(H,22,25)(H,23,26). The van der Waals surface area contributed by atoms with Crippen molar-refractivity contribution in [2.45, 2.75) is 0 Å². The number of amides is 1. The van der Waals surface area contributed by atoms with Gasteiger partial charge in [-0.05, 0) is 29.8 Å². The van der Waals surface area contributed by atoms with Gasteiger partial charge in [-0.15, -0.1) is 11.8 Å². The number of pyridine rings is 1. The van der Waals surface area contributed by atoms with E-state index in [1.165, 1.54) is 41.1 Å². The highest BCUT2D eigenvalue weighted by molar-refractivity contribution is 8.00. The minimum atomic E-state index is -0.497. The molecule has 0 atom stereocenters. The average Bonchev–Trinajstić information content (AvgIpc) is 3.23. The second-order valence-corrected chi connectivity index (χ2v) is 6.65. The highest BCUT2D eigenvalue weighted by Crippen LogP contribution is 2.19. The number of anilines is 1. The van der Waals surface area contributed by atoms with Crippen molar-refractivity contribution in [2.75, 3.05) is 16.8 Å². The van der Waals surface area contributed by atoms with Crippen LogP contribution < -0.4 is 10.9 Å². The van der Waals surface area contributed by atoms with Crippen molar-refractivity contribution in [3.05, 3.63) is 71.0 Å². The Bertz CT molecular complexity index is 1080. The zero-order chi connectivity index (χ0) is 19.9. The number of nitrogens with one attached hydrogen (secondary N) is 2. The van der Waals surface area contributed by atoms with Gasteiger partial charge in [0.25, 0.3) is 11.5 Å². The lowest BCUT2D eigenvalue weighted by Gasteiger charge is -2.07. The fourth-order valence-electron chi connectivity index (χ4n) is 2.45. The van der Waals surface area contributed by atoms with Gasteiger partial charge in [-0.2, -0.15) is 5.26 Å². The highest BCUT2D eigenvalue weighted by atomic mass is 32.2. The van der Waals surface area contributed by atoms with Crippen LogP contribution in [0.15, 0.2) is 59.9 Å². The summed E-state index contributed by atoms with van der Waals surface area (Å²) in [4.78, 5) is 42.8. The molecule has 1 aromatic carbocycles. The topological polar surface area (TPSA) is 121 Å². The molecule has 3 rings (SSSR count). The molecule has 0 aliphatic heterocycles. The number of nitrogens with zero attached hydrogens (tertiary/aromatic N) is 3. The van der Waals surface area contributed by atoms with E-state index in [2.05, 4.69) is 15.3 Å². The number of carbonyl (C=O) groups excluding carboxylic acids is 2. The molecule has 0 aliphatic rings. The van der Waals surface area contributed by atoms with E-state index in [1.54, 1.807) is 30.3 Å². The van der Waals surface area contributed by atoms with Gasteiger partial charge >= 0.3 is 0 Å². The van der Waals surface area contributed by atoms with Gasteiger partial charge in [-0.3, -0.25) is 19.0 Å². The number of benzene rings is 1. The van der Waals surface area contributed by atoms with Crippen LogP contribution in [0.4, 0.5) is 5.69 Å². The van der Waals surface area contributed by atoms with Gasteiger partial charge < -0.3 is 10.3 Å². The van der Waals surface area contributed by atoms with E-state index in [4.69, 9.17) is 5.26 Å². The molecule has 0 unspecified atom stereocenters. The van der Waals surface area contributed by atoms with Crippen LogP contribution in [-0.4, -0.2) is 37.9 Å². The second kappa shape index (κ2) is 8.83. The predicted octanol–water partition coefficient (Wildman–Crippen LogP) is 2.12. The van der Waals surface area contributed by atoms with E-state index in [0.29, 0.717) is 11.4 Å². The lowest BCUT2D eigenvalue weighted by molar-refractivity contribution is -0.113. The number of imidazole rings is 1. The van der Waals surface area contributed by atoms with Crippen molar-refractivity contribution < 1.29 is 9.59 Å². The van der Waals surface area contributed by atoms with Crippen LogP contribution in [0.1, 0.15) is 10.4 Å². The van der Waals surface area contributed by atoms with E-state index in [0.717, 1.165) is 5.56 Å². The second-order valence-electron chi connectivity index (χ2n) is 5.67. The third-order valence-corrected chi connectivity index (χ3v) is 4.56. The van der Waals surface area contributed by atoms with Crippen molar-refractivity contribution in [1.29, 1.82) is 5.26 Å². The molecule has 2 heterocycles. The summed E-state index contributed by atoms with van der Waals surface area (Å²) in [6.07, 6.45) is 4.27. The fourth-order valence-corrected chi connectivity index (χ4v) is 2.90. The molecule has 0 spiro atoms. The van der Waals surface area contributed by atoms with Crippen LogP contribution in [-0.2, 0) is 4.79 Å². The van der Waals surface area contributed by atoms with Crippen molar-refractivity contribution in [3.63, 3.8) is 0 Å². The van der Waals surface area contributed by atoms with Gasteiger partial charge in [0.1, 0.15) is 11.9 Å². The number of hydrogen-bond donors (Lipinski definition) is 2. The molecule has 3 aromatic rings. The molecule has 1 amide bonds. The lowest BCUT2D eigenvalue weighted by atomic mass is 10.1. The SMILES string of the molecule is N#CCSCC(=O)Nc1ccc(-c2ccc(C(=O)n3ccnc3)c(=O)[nH]2)cc1. The van der Waals surface area contributed by atoms with Crippen molar-refractivity contribution in [2.24, 2.45) is 0 Å². The number of H-pyrrole nitrogens is 1. The molecule has 0 radical (unpaired) electrons. The number of aromatic amines is 1. The fraction of sp³-hybridized carbons (Fsp3) is 0.105. The molecule has 2 N–H and O–H groups in total. The molecular formula is C19H15N5O3S. The largest absolute Gasteiger partial charge is 0.325 e. The molecule has 0 bridgehead atoms. The lowest BCUT2D eigenvalue weighted by Crippen LogP contribution is -2.22. The number of thioether (sulfide) groups is 1. The average molecular weight is 393 g/mol. The van der Waals surface area contributed by atoms with E-state index in [9.17, 15) is 14.4 Å². The van der Waals surface area contributed by atoms with Crippen LogP contribution in [0.25, 0.3) is 11.3 Å². The molecule has 0 aliphatic carbocycles. The number of aromatic nitrogens is 3. The maximum atomic E-state index is 12.3. The Kier molecular flexibility index (Phi) is 6.04. The first-order valence-corrected chi connectivity index (χ1v) is 9.35. The summed E-state index contributed by atoms with van der Waals surface area (Å²) in [5.74, 6) is -0.185. The maximum Gasteiger partial charge on any atom is 0.268 e. The summed E-state index contributed by atoms with van der Waals surface area (Å²) in [5.41, 5.74) is 1.41. The third-order valence-electron chi connectivity index (χ3n) is 3.76. The maximum absolute atomic E-state index is 12.3. The Labute approximate surface area is 164 Å². The van der Waals surface area contributed by atoms with E-state index in [1.807, 2.05) is 6.07 Å². The van der Waals surface area contributed by atoms with Gasteiger partial charge in [0.2, 0.25) is 5.91 Å². The van der Waals surface area contributed by atoms with Crippen LogP contribution >= 0.6 is 11.8 Å². The molecule has 28 heavy (non-hydrogen) atoms. The molecule has 140 valence electrons. The summed E-state index contributed by atoms with van der Waals surface area (Å²) >= 11 is 1.24. The summed E-state index contributed by atoms with van der Waals surface area (Å²) in [5, 5.41) is 11.2. The van der Waals surface area contributed by atoms with Gasteiger partial charge in [0.05, 0.1) is 17.6 Å². The quantitative estimate of drug-likeness (QED) is 0.619. The summed E-state index contributed by atoms with van der Waals surface area (Å²) in [6, 6.07) is 12.0. The molecule has 0 fully saturated rings. The zero-order valence-electron chi connectivity index (χ0n) is 14.6. The van der Waals surface area contributed by atoms with E-state index < -0.39 is 11.5 Å². The van der Waals surface area contributed by atoms with Gasteiger partial charge in [0, 0.05) is 23.8 Å². The monoisotopic (exact) mass is 393 g/mol. The first-order chi connectivity index (χ1) is 13.6. The molecule has 8 nitrogen and oxygen atoms in total. The first kappa shape index (κ1) is 19.1. The normalized spacial score (nSPS) is 10.2. The molecule has 9 heteroatoms. The van der Waals surface area contributed by atoms with Gasteiger partial charge in [-0.1, -0.05) is 12.1 Å². The van der Waals surface area contributed by atoms with Crippen LogP contribution in [0.5, 0.6) is 0 Å².